The Morgan fingerprint density at radius 2 is 2.10 bits per heavy atom. The van der Waals surface area contributed by atoms with E-state index in [4.69, 9.17) is 4.74 Å². The fourth-order valence-corrected chi connectivity index (χ4v) is 2.85. The van der Waals surface area contributed by atoms with Crippen LogP contribution in [-0.2, 0) is 22.4 Å². The van der Waals surface area contributed by atoms with Crippen LogP contribution in [0.1, 0.15) is 30.6 Å². The largest absolute Gasteiger partial charge is 0.378 e. The average molecular weight is 277 g/mol. The van der Waals surface area contributed by atoms with Crippen molar-refractivity contribution < 1.29 is 9.53 Å². The molecule has 6 nitrogen and oxygen atoms in total. The summed E-state index contributed by atoms with van der Waals surface area (Å²) >= 11 is 0. The van der Waals surface area contributed by atoms with E-state index in [0.29, 0.717) is 26.3 Å². The second-order valence-corrected chi connectivity index (χ2v) is 5.37. The maximum absolute atomic E-state index is 12.4. The maximum atomic E-state index is 12.4. The van der Waals surface area contributed by atoms with Crippen LogP contribution < -0.4 is 5.56 Å². The van der Waals surface area contributed by atoms with E-state index >= 15 is 0 Å². The van der Waals surface area contributed by atoms with Gasteiger partial charge in [-0.05, 0) is 31.7 Å². The number of ether oxygens (including phenoxy) is 1. The number of hydrogen-bond acceptors (Lipinski definition) is 4. The Morgan fingerprint density at radius 1 is 1.35 bits per heavy atom. The van der Waals surface area contributed by atoms with Gasteiger partial charge in [0, 0.05) is 19.2 Å². The summed E-state index contributed by atoms with van der Waals surface area (Å²) in [6.07, 6.45) is 2.86. The summed E-state index contributed by atoms with van der Waals surface area (Å²) in [5, 5.41) is 4.39. The zero-order chi connectivity index (χ0) is 14.1. The number of carbonyl (C=O) groups excluding carboxylic acids is 1. The van der Waals surface area contributed by atoms with Crippen molar-refractivity contribution in [1.82, 2.24) is 14.7 Å². The van der Waals surface area contributed by atoms with Gasteiger partial charge < -0.3 is 9.64 Å². The van der Waals surface area contributed by atoms with E-state index in [9.17, 15) is 9.59 Å². The van der Waals surface area contributed by atoms with Crippen molar-refractivity contribution in [3.63, 3.8) is 0 Å². The molecule has 0 aromatic carbocycles. The third-order valence-corrected chi connectivity index (χ3v) is 4.03. The molecule has 1 aromatic rings. The number of amides is 1. The first-order valence-electron chi connectivity index (χ1n) is 7.15. The lowest BCUT2D eigenvalue weighted by molar-refractivity contribution is -0.138. The second kappa shape index (κ2) is 5.36. The Balaban J connectivity index is 1.84. The summed E-state index contributed by atoms with van der Waals surface area (Å²) in [6.45, 7) is 4.04. The summed E-state index contributed by atoms with van der Waals surface area (Å²) < 4.78 is 6.58. The minimum absolute atomic E-state index is 0.0548. The molecular weight excluding hydrogens is 258 g/mol. The van der Waals surface area contributed by atoms with E-state index in [1.165, 1.54) is 4.68 Å². The van der Waals surface area contributed by atoms with Crippen molar-refractivity contribution in [1.29, 1.82) is 0 Å². The van der Waals surface area contributed by atoms with E-state index in [0.717, 1.165) is 30.5 Å². The lowest BCUT2D eigenvalue weighted by Crippen LogP contribution is -2.45. The molecule has 0 saturated carbocycles. The van der Waals surface area contributed by atoms with Gasteiger partial charge in [0.15, 0.2) is 0 Å². The molecule has 1 aliphatic heterocycles. The molecule has 0 spiro atoms. The van der Waals surface area contributed by atoms with Crippen LogP contribution in [0.3, 0.4) is 0 Å². The zero-order valence-corrected chi connectivity index (χ0v) is 11.7. The Labute approximate surface area is 117 Å². The van der Waals surface area contributed by atoms with E-state index < -0.39 is 6.04 Å². The van der Waals surface area contributed by atoms with Crippen LogP contribution in [0, 0.1) is 0 Å². The standard InChI is InChI=1S/C14H19N3O3/c1-10(14(19)16-5-7-20-8-6-16)17-13(18)9-11-3-2-4-12(11)15-17/h9-10H,2-8H2,1H3/t10-/m0/s1. The van der Waals surface area contributed by atoms with E-state index in [2.05, 4.69) is 5.10 Å². The molecule has 2 heterocycles. The van der Waals surface area contributed by atoms with Crippen LogP contribution in [0.2, 0.25) is 0 Å². The number of aryl methyl sites for hydroxylation is 2. The summed E-state index contributed by atoms with van der Waals surface area (Å²) in [6, 6.07) is 1.09. The smallest absolute Gasteiger partial charge is 0.267 e. The third kappa shape index (κ3) is 2.35. The molecule has 1 fully saturated rings. The van der Waals surface area contributed by atoms with Crippen molar-refractivity contribution >= 4 is 5.91 Å². The average Bonchev–Trinajstić information content (AvgIpc) is 2.93. The van der Waals surface area contributed by atoms with E-state index in [1.807, 2.05) is 0 Å². The van der Waals surface area contributed by atoms with Crippen LogP contribution >= 0.6 is 0 Å². The van der Waals surface area contributed by atoms with Crippen molar-refractivity contribution in [2.45, 2.75) is 32.2 Å². The van der Waals surface area contributed by atoms with Gasteiger partial charge in [-0.15, -0.1) is 0 Å². The van der Waals surface area contributed by atoms with Gasteiger partial charge >= 0.3 is 0 Å². The summed E-state index contributed by atoms with van der Waals surface area (Å²) in [4.78, 5) is 26.3. The highest BCUT2D eigenvalue weighted by molar-refractivity contribution is 5.80. The molecule has 2 aliphatic rings. The molecule has 1 amide bonds. The molecule has 1 atom stereocenters. The lowest BCUT2D eigenvalue weighted by Gasteiger charge is -2.29. The van der Waals surface area contributed by atoms with Gasteiger partial charge in [0.05, 0.1) is 18.9 Å². The first-order chi connectivity index (χ1) is 9.66. The van der Waals surface area contributed by atoms with Crippen molar-refractivity contribution in [3.05, 3.63) is 27.7 Å². The first kappa shape index (κ1) is 13.3. The van der Waals surface area contributed by atoms with Crippen LogP contribution in [-0.4, -0.2) is 46.9 Å². The lowest BCUT2D eigenvalue weighted by atomic mass is 10.2. The number of hydrogen-bond donors (Lipinski definition) is 0. The maximum Gasteiger partial charge on any atom is 0.267 e. The number of aromatic nitrogens is 2. The number of fused-ring (bicyclic) bond motifs is 1. The first-order valence-corrected chi connectivity index (χ1v) is 7.15. The Kier molecular flexibility index (Phi) is 3.56. The molecule has 0 bridgehead atoms. The SMILES string of the molecule is C[C@@H](C(=O)N1CCOCC1)n1nc2c(cc1=O)CCC2. The molecule has 1 saturated heterocycles. The molecule has 6 heteroatoms. The van der Waals surface area contributed by atoms with Gasteiger partial charge in [0.25, 0.3) is 5.56 Å². The minimum atomic E-state index is -0.550. The van der Waals surface area contributed by atoms with E-state index in [1.54, 1.807) is 17.9 Å². The summed E-state index contributed by atoms with van der Waals surface area (Å²) in [7, 11) is 0. The minimum Gasteiger partial charge on any atom is -0.378 e. The van der Waals surface area contributed by atoms with Gasteiger partial charge in [-0.2, -0.15) is 5.10 Å². The van der Waals surface area contributed by atoms with Crippen molar-refractivity contribution in [3.8, 4) is 0 Å². The molecule has 1 aliphatic carbocycles. The number of nitrogens with zero attached hydrogens (tertiary/aromatic N) is 3. The highest BCUT2D eigenvalue weighted by Crippen LogP contribution is 2.18. The van der Waals surface area contributed by atoms with Gasteiger partial charge in [-0.3, -0.25) is 9.59 Å². The summed E-state index contributed by atoms with van der Waals surface area (Å²) in [5.41, 5.74) is 1.82. The van der Waals surface area contributed by atoms with Gasteiger partial charge in [0.2, 0.25) is 5.91 Å². The zero-order valence-electron chi connectivity index (χ0n) is 11.7. The van der Waals surface area contributed by atoms with Crippen LogP contribution in [0.4, 0.5) is 0 Å². The third-order valence-electron chi connectivity index (χ3n) is 4.03. The Bertz CT molecular complexity index is 576. The quantitative estimate of drug-likeness (QED) is 0.772. The van der Waals surface area contributed by atoms with Gasteiger partial charge in [0.1, 0.15) is 6.04 Å². The molecule has 20 heavy (non-hydrogen) atoms. The van der Waals surface area contributed by atoms with Crippen molar-refractivity contribution in [2.24, 2.45) is 0 Å². The number of carbonyl (C=O) groups is 1. The second-order valence-electron chi connectivity index (χ2n) is 5.37. The highest BCUT2D eigenvalue weighted by Gasteiger charge is 2.26. The fraction of sp³-hybridized carbons (Fsp3) is 0.643. The van der Waals surface area contributed by atoms with Crippen LogP contribution in [0.15, 0.2) is 10.9 Å². The molecule has 0 unspecified atom stereocenters. The molecule has 3 rings (SSSR count). The Hall–Kier alpha value is -1.69. The fourth-order valence-electron chi connectivity index (χ4n) is 2.85. The van der Waals surface area contributed by atoms with Crippen molar-refractivity contribution in [2.75, 3.05) is 26.3 Å². The number of morpholine rings is 1. The normalized spacial score (nSPS) is 19.8. The number of rotatable bonds is 2. The molecule has 108 valence electrons. The Morgan fingerprint density at radius 3 is 2.85 bits per heavy atom. The monoisotopic (exact) mass is 277 g/mol. The highest BCUT2D eigenvalue weighted by atomic mass is 16.5. The molecule has 0 N–H and O–H groups in total. The van der Waals surface area contributed by atoms with Gasteiger partial charge in [-0.1, -0.05) is 0 Å². The van der Waals surface area contributed by atoms with Crippen LogP contribution in [0.25, 0.3) is 0 Å². The molecule has 1 aromatic heterocycles. The molecular formula is C14H19N3O3. The predicted octanol–water partition coefficient (Wildman–Crippen LogP) is 0.152. The van der Waals surface area contributed by atoms with E-state index in [-0.39, 0.29) is 11.5 Å². The van der Waals surface area contributed by atoms with Gasteiger partial charge in [-0.25, -0.2) is 4.68 Å². The topological polar surface area (TPSA) is 64.4 Å². The summed E-state index contributed by atoms with van der Waals surface area (Å²) in [5.74, 6) is -0.0548. The predicted molar refractivity (Wildman–Crippen MR) is 72.6 cm³/mol. The van der Waals surface area contributed by atoms with Crippen LogP contribution in [0.5, 0.6) is 0 Å². The molecule has 0 radical (unpaired) electrons.